The quantitative estimate of drug-likeness (QED) is 0.897. The molecule has 1 aliphatic rings. The van der Waals surface area contributed by atoms with E-state index in [0.717, 1.165) is 6.42 Å². The average Bonchev–Trinajstić information content (AvgIpc) is 2.37. The Kier molecular flexibility index (Phi) is 4.35. The van der Waals surface area contributed by atoms with E-state index in [0.29, 0.717) is 6.54 Å². The van der Waals surface area contributed by atoms with Crippen molar-refractivity contribution in [3.8, 4) is 6.07 Å². The number of nitrogens with zero attached hydrogens (tertiary/aromatic N) is 2. The maximum Gasteiger partial charge on any atom is 0.244 e. The first-order chi connectivity index (χ1) is 9.34. The average molecular weight is 314 g/mol. The van der Waals surface area contributed by atoms with Crippen LogP contribution in [0.2, 0.25) is 5.02 Å². The molecule has 1 aliphatic heterocycles. The predicted octanol–water partition coefficient (Wildman–Crippen LogP) is 1.57. The van der Waals surface area contributed by atoms with Crippen LogP contribution in [0.1, 0.15) is 18.9 Å². The molecule has 0 radical (unpaired) electrons. The lowest BCUT2D eigenvalue weighted by Gasteiger charge is -2.34. The first-order valence-electron chi connectivity index (χ1n) is 6.30. The second-order valence-corrected chi connectivity index (χ2v) is 7.52. The van der Waals surface area contributed by atoms with E-state index in [4.69, 9.17) is 22.6 Å². The van der Waals surface area contributed by atoms with E-state index >= 15 is 0 Å². The summed E-state index contributed by atoms with van der Waals surface area (Å²) in [7, 11) is -3.75. The van der Waals surface area contributed by atoms with Crippen molar-refractivity contribution in [2.24, 2.45) is 11.7 Å². The van der Waals surface area contributed by atoms with Crippen LogP contribution in [0.3, 0.4) is 0 Å². The van der Waals surface area contributed by atoms with Crippen molar-refractivity contribution in [3.05, 3.63) is 28.8 Å². The smallest absolute Gasteiger partial charge is 0.244 e. The summed E-state index contributed by atoms with van der Waals surface area (Å²) in [6, 6.07) is 5.96. The summed E-state index contributed by atoms with van der Waals surface area (Å²) in [6.07, 6.45) is 0.798. The molecule has 20 heavy (non-hydrogen) atoms. The molecular formula is C13H16ClN3O2S. The van der Waals surface area contributed by atoms with Crippen molar-refractivity contribution < 1.29 is 8.42 Å². The molecule has 1 fully saturated rings. The Morgan fingerprint density at radius 3 is 2.75 bits per heavy atom. The second kappa shape index (κ2) is 5.70. The van der Waals surface area contributed by atoms with Crippen LogP contribution in [-0.2, 0) is 10.0 Å². The lowest BCUT2D eigenvalue weighted by Crippen LogP contribution is -2.48. The number of nitriles is 1. The van der Waals surface area contributed by atoms with E-state index < -0.39 is 10.0 Å². The fraction of sp³-hybridized carbons (Fsp3) is 0.462. The maximum atomic E-state index is 12.7. The minimum atomic E-state index is -3.75. The van der Waals surface area contributed by atoms with Gasteiger partial charge in [0.25, 0.3) is 0 Å². The number of benzene rings is 1. The molecule has 0 saturated carbocycles. The fourth-order valence-corrected chi connectivity index (χ4v) is 4.51. The SMILES string of the molecule is CC1CC(N)CN(S(=O)(=O)c2cc(Cl)ccc2C#N)C1. The van der Waals surface area contributed by atoms with E-state index in [9.17, 15) is 8.42 Å². The molecule has 0 aromatic heterocycles. The van der Waals surface area contributed by atoms with Gasteiger partial charge in [0.15, 0.2) is 0 Å². The summed E-state index contributed by atoms with van der Waals surface area (Å²) in [5.74, 6) is 0.193. The lowest BCUT2D eigenvalue weighted by molar-refractivity contribution is 0.254. The maximum absolute atomic E-state index is 12.7. The van der Waals surface area contributed by atoms with Crippen LogP contribution < -0.4 is 5.73 Å². The highest BCUT2D eigenvalue weighted by Gasteiger charge is 2.33. The number of hydrogen-bond donors (Lipinski definition) is 1. The van der Waals surface area contributed by atoms with Crippen LogP contribution in [0.15, 0.2) is 23.1 Å². The summed E-state index contributed by atoms with van der Waals surface area (Å²) < 4.78 is 26.7. The Hall–Kier alpha value is -1.13. The third-order valence-electron chi connectivity index (χ3n) is 3.34. The number of sulfonamides is 1. The lowest BCUT2D eigenvalue weighted by atomic mass is 9.99. The van der Waals surface area contributed by atoms with E-state index in [2.05, 4.69) is 0 Å². The highest BCUT2D eigenvalue weighted by atomic mass is 35.5. The number of hydrogen-bond acceptors (Lipinski definition) is 4. The van der Waals surface area contributed by atoms with Gasteiger partial charge in [-0.15, -0.1) is 0 Å². The first-order valence-corrected chi connectivity index (χ1v) is 8.11. The molecule has 1 saturated heterocycles. The molecule has 7 heteroatoms. The Morgan fingerprint density at radius 2 is 2.15 bits per heavy atom. The van der Waals surface area contributed by atoms with Gasteiger partial charge >= 0.3 is 0 Å². The van der Waals surface area contributed by atoms with Crippen molar-refractivity contribution >= 4 is 21.6 Å². The van der Waals surface area contributed by atoms with Crippen molar-refractivity contribution in [1.82, 2.24) is 4.31 Å². The summed E-state index contributed by atoms with van der Waals surface area (Å²) in [4.78, 5) is -0.0474. The zero-order valence-corrected chi connectivity index (χ0v) is 12.7. The van der Waals surface area contributed by atoms with E-state index in [1.807, 2.05) is 13.0 Å². The number of halogens is 1. The van der Waals surface area contributed by atoms with E-state index in [1.54, 1.807) is 0 Å². The van der Waals surface area contributed by atoms with Crippen LogP contribution in [-0.4, -0.2) is 31.9 Å². The standard InChI is InChI=1S/C13H16ClN3O2S/c1-9-4-12(16)8-17(7-9)20(18,19)13-5-11(14)3-2-10(13)6-15/h2-3,5,9,12H,4,7-8,16H2,1H3. The molecular weight excluding hydrogens is 298 g/mol. The zero-order chi connectivity index (χ0) is 14.9. The van der Waals surface area contributed by atoms with E-state index in [-0.39, 0.29) is 34.0 Å². The second-order valence-electron chi connectivity index (χ2n) is 5.18. The Labute approximate surface area is 124 Å². The highest BCUT2D eigenvalue weighted by Crippen LogP contribution is 2.27. The van der Waals surface area contributed by atoms with Crippen LogP contribution in [0.5, 0.6) is 0 Å². The molecule has 2 atom stereocenters. The van der Waals surface area contributed by atoms with Gasteiger partial charge in [-0.2, -0.15) is 9.57 Å². The predicted molar refractivity (Wildman–Crippen MR) is 76.7 cm³/mol. The summed E-state index contributed by atoms with van der Waals surface area (Å²) in [6.45, 7) is 2.64. The van der Waals surface area contributed by atoms with Gasteiger partial charge in [0.2, 0.25) is 10.0 Å². The normalized spacial score (nSPS) is 24.3. The van der Waals surface area contributed by atoms with Gasteiger partial charge in [0, 0.05) is 24.2 Å². The van der Waals surface area contributed by atoms with Crippen LogP contribution in [0.4, 0.5) is 0 Å². The van der Waals surface area contributed by atoms with Crippen LogP contribution >= 0.6 is 11.6 Å². The van der Waals surface area contributed by atoms with Gasteiger partial charge in [-0.3, -0.25) is 0 Å². The Balaban J connectivity index is 2.45. The third-order valence-corrected chi connectivity index (χ3v) is 5.45. The highest BCUT2D eigenvalue weighted by molar-refractivity contribution is 7.89. The largest absolute Gasteiger partial charge is 0.326 e. The molecule has 0 spiro atoms. The third kappa shape index (κ3) is 2.96. The summed E-state index contributed by atoms with van der Waals surface area (Å²) >= 11 is 5.86. The summed E-state index contributed by atoms with van der Waals surface area (Å²) in [5.41, 5.74) is 5.99. The molecule has 2 unspecified atom stereocenters. The topological polar surface area (TPSA) is 87.2 Å². The fourth-order valence-electron chi connectivity index (χ4n) is 2.49. The molecule has 5 nitrogen and oxygen atoms in total. The summed E-state index contributed by atoms with van der Waals surface area (Å²) in [5, 5.41) is 9.36. The molecule has 2 rings (SSSR count). The van der Waals surface area contributed by atoms with Crippen molar-refractivity contribution in [2.75, 3.05) is 13.1 Å². The number of nitrogens with two attached hydrogens (primary N) is 1. The van der Waals surface area contributed by atoms with Gasteiger partial charge in [-0.05, 0) is 30.5 Å². The van der Waals surface area contributed by atoms with Gasteiger partial charge in [0.1, 0.15) is 11.0 Å². The minimum Gasteiger partial charge on any atom is -0.326 e. The van der Waals surface area contributed by atoms with Gasteiger partial charge in [0.05, 0.1) is 5.56 Å². The Bertz CT molecular complexity index is 644. The molecule has 2 N–H and O–H groups in total. The van der Waals surface area contributed by atoms with Gasteiger partial charge in [-0.25, -0.2) is 8.42 Å². The molecule has 1 aromatic carbocycles. The van der Waals surface area contributed by atoms with E-state index in [1.165, 1.54) is 22.5 Å². The monoisotopic (exact) mass is 313 g/mol. The molecule has 1 heterocycles. The number of rotatable bonds is 2. The molecule has 1 aromatic rings. The van der Waals surface area contributed by atoms with Crippen molar-refractivity contribution in [1.29, 1.82) is 5.26 Å². The Morgan fingerprint density at radius 1 is 1.45 bits per heavy atom. The van der Waals surface area contributed by atoms with Crippen LogP contribution in [0.25, 0.3) is 0 Å². The zero-order valence-electron chi connectivity index (χ0n) is 11.1. The van der Waals surface area contributed by atoms with Crippen molar-refractivity contribution in [2.45, 2.75) is 24.3 Å². The number of piperidine rings is 1. The van der Waals surface area contributed by atoms with Crippen molar-refractivity contribution in [3.63, 3.8) is 0 Å². The molecule has 0 bridgehead atoms. The minimum absolute atomic E-state index is 0.0474. The van der Waals surface area contributed by atoms with Gasteiger partial charge in [-0.1, -0.05) is 18.5 Å². The van der Waals surface area contributed by atoms with Gasteiger partial charge < -0.3 is 5.73 Å². The first kappa shape index (κ1) is 15.3. The molecule has 0 aliphatic carbocycles. The molecule has 0 amide bonds. The molecule has 108 valence electrons. The van der Waals surface area contributed by atoms with Crippen LogP contribution in [0, 0.1) is 17.2 Å².